The van der Waals surface area contributed by atoms with E-state index in [-0.39, 0.29) is 0 Å². The van der Waals surface area contributed by atoms with Gasteiger partial charge < -0.3 is 34.9 Å². The number of para-hydroxylation sites is 1. The van der Waals surface area contributed by atoms with E-state index >= 15 is 0 Å². The highest BCUT2D eigenvalue weighted by atomic mass is 16.7. The highest BCUT2D eigenvalue weighted by molar-refractivity contribution is 5.81. The van der Waals surface area contributed by atoms with Crippen molar-refractivity contribution in [1.29, 1.82) is 0 Å². The second-order valence-electron chi connectivity index (χ2n) is 5.04. The van der Waals surface area contributed by atoms with Gasteiger partial charge in [-0.25, -0.2) is 0 Å². The maximum absolute atomic E-state index is 9.90. The van der Waals surface area contributed by atoms with Gasteiger partial charge in [0.15, 0.2) is 5.88 Å². The molecule has 1 aliphatic heterocycles. The van der Waals surface area contributed by atoms with E-state index in [4.69, 9.17) is 14.6 Å². The molecular weight excluding hydrogens is 278 g/mol. The number of aliphatic hydroxyl groups excluding tert-OH is 4. The molecular formula is C14H17NO6. The Morgan fingerprint density at radius 3 is 2.57 bits per heavy atom. The minimum absolute atomic E-state index is 0.362. The van der Waals surface area contributed by atoms with Crippen molar-refractivity contribution in [3.05, 3.63) is 30.3 Å². The van der Waals surface area contributed by atoms with Crippen molar-refractivity contribution < 1.29 is 29.9 Å². The molecule has 0 radical (unpaired) electrons. The Morgan fingerprint density at radius 2 is 1.86 bits per heavy atom. The first-order valence-corrected chi connectivity index (χ1v) is 6.65. The quantitative estimate of drug-likeness (QED) is 0.514. The van der Waals surface area contributed by atoms with E-state index in [0.29, 0.717) is 5.88 Å². The van der Waals surface area contributed by atoms with Gasteiger partial charge in [-0.2, -0.15) is 0 Å². The number of fused-ring (bicyclic) bond motifs is 1. The summed E-state index contributed by atoms with van der Waals surface area (Å²) in [5, 5.41) is 39.4. The Kier molecular flexibility index (Phi) is 3.83. The number of ether oxygens (including phenoxy) is 2. The number of aromatic nitrogens is 1. The van der Waals surface area contributed by atoms with E-state index in [1.54, 1.807) is 6.07 Å². The van der Waals surface area contributed by atoms with Gasteiger partial charge in [0.25, 0.3) is 0 Å². The van der Waals surface area contributed by atoms with Crippen LogP contribution < -0.4 is 4.74 Å². The number of aliphatic hydroxyl groups is 4. The van der Waals surface area contributed by atoms with E-state index in [2.05, 4.69) is 4.98 Å². The van der Waals surface area contributed by atoms with E-state index in [1.165, 1.54) is 0 Å². The molecule has 2 heterocycles. The number of aromatic amines is 1. The Labute approximate surface area is 120 Å². The molecule has 0 saturated carbocycles. The van der Waals surface area contributed by atoms with Gasteiger partial charge in [-0.3, -0.25) is 0 Å². The van der Waals surface area contributed by atoms with Gasteiger partial charge >= 0.3 is 0 Å². The number of rotatable bonds is 3. The van der Waals surface area contributed by atoms with Crippen molar-refractivity contribution >= 4 is 10.9 Å². The van der Waals surface area contributed by atoms with Crippen LogP contribution in [0.1, 0.15) is 0 Å². The van der Waals surface area contributed by atoms with Crippen LogP contribution in [-0.4, -0.2) is 62.7 Å². The minimum Gasteiger partial charge on any atom is -0.447 e. The summed E-state index contributed by atoms with van der Waals surface area (Å²) in [6, 6.07) is 9.25. The molecule has 1 fully saturated rings. The van der Waals surface area contributed by atoms with Gasteiger partial charge in [0.2, 0.25) is 6.29 Å². The summed E-state index contributed by atoms with van der Waals surface area (Å²) in [6.07, 6.45) is -6.45. The summed E-state index contributed by atoms with van der Waals surface area (Å²) >= 11 is 0. The van der Waals surface area contributed by atoms with Gasteiger partial charge in [0, 0.05) is 17.0 Å². The SMILES string of the molecule is OC[C@H]1O[C@H](Oc2cc3ccccc3[nH]2)[C@H](O)[C@@H](O)[C@H]1O. The Hall–Kier alpha value is -1.64. The second kappa shape index (κ2) is 5.63. The third-order valence-corrected chi connectivity index (χ3v) is 3.60. The Bertz CT molecular complexity index is 579. The van der Waals surface area contributed by atoms with Crippen molar-refractivity contribution in [3.63, 3.8) is 0 Å². The predicted molar refractivity (Wildman–Crippen MR) is 72.7 cm³/mol. The highest BCUT2D eigenvalue weighted by Crippen LogP contribution is 2.26. The molecule has 5 atom stereocenters. The van der Waals surface area contributed by atoms with Gasteiger partial charge in [-0.15, -0.1) is 0 Å². The van der Waals surface area contributed by atoms with Crippen molar-refractivity contribution in [2.24, 2.45) is 0 Å². The lowest BCUT2D eigenvalue weighted by atomic mass is 9.99. The molecule has 5 N–H and O–H groups in total. The zero-order chi connectivity index (χ0) is 15.0. The molecule has 21 heavy (non-hydrogen) atoms. The number of hydrogen-bond donors (Lipinski definition) is 5. The lowest BCUT2D eigenvalue weighted by Crippen LogP contribution is -2.60. The molecule has 0 aliphatic carbocycles. The second-order valence-corrected chi connectivity index (χ2v) is 5.04. The number of benzene rings is 1. The first kappa shape index (κ1) is 14.3. The molecule has 2 aromatic rings. The molecule has 7 nitrogen and oxygen atoms in total. The lowest BCUT2D eigenvalue weighted by molar-refractivity contribution is -0.278. The molecule has 1 saturated heterocycles. The van der Waals surface area contributed by atoms with Gasteiger partial charge in [0.1, 0.15) is 24.4 Å². The maximum Gasteiger partial charge on any atom is 0.230 e. The van der Waals surface area contributed by atoms with E-state index in [9.17, 15) is 15.3 Å². The third kappa shape index (κ3) is 2.61. The summed E-state index contributed by atoms with van der Waals surface area (Å²) in [4.78, 5) is 3.00. The van der Waals surface area contributed by atoms with Crippen LogP contribution in [0.3, 0.4) is 0 Å². The average Bonchev–Trinajstić information content (AvgIpc) is 2.90. The Balaban J connectivity index is 1.79. The van der Waals surface area contributed by atoms with Gasteiger partial charge in [-0.1, -0.05) is 18.2 Å². The summed E-state index contributed by atoms with van der Waals surface area (Å²) in [7, 11) is 0. The van der Waals surface area contributed by atoms with Crippen LogP contribution in [0.5, 0.6) is 5.88 Å². The summed E-state index contributed by atoms with van der Waals surface area (Å²) in [6.45, 7) is -0.489. The average molecular weight is 295 g/mol. The molecule has 7 heteroatoms. The molecule has 1 aliphatic rings. The zero-order valence-corrected chi connectivity index (χ0v) is 11.1. The number of H-pyrrole nitrogens is 1. The molecule has 0 spiro atoms. The fourth-order valence-electron chi connectivity index (χ4n) is 2.40. The zero-order valence-electron chi connectivity index (χ0n) is 11.1. The summed E-state index contributed by atoms with van der Waals surface area (Å²) in [5.74, 6) is 0.362. The standard InChI is InChI=1S/C14H17NO6/c16-6-9-11(17)12(18)13(19)14(20-9)21-10-5-7-3-1-2-4-8(7)15-10/h1-5,9,11-19H,6H2/t9-,11+,12+,13-,14-/m1/s1. The fourth-order valence-corrected chi connectivity index (χ4v) is 2.40. The van der Waals surface area contributed by atoms with Crippen LogP contribution in [0, 0.1) is 0 Å². The smallest absolute Gasteiger partial charge is 0.230 e. The van der Waals surface area contributed by atoms with Crippen molar-refractivity contribution in [2.75, 3.05) is 6.61 Å². The van der Waals surface area contributed by atoms with Crippen molar-refractivity contribution in [1.82, 2.24) is 4.98 Å². The van der Waals surface area contributed by atoms with E-state index in [0.717, 1.165) is 10.9 Å². The Morgan fingerprint density at radius 1 is 1.10 bits per heavy atom. The van der Waals surface area contributed by atoms with Crippen LogP contribution in [0.2, 0.25) is 0 Å². The molecule has 0 amide bonds. The van der Waals surface area contributed by atoms with E-state index < -0.39 is 37.3 Å². The summed E-state index contributed by atoms with van der Waals surface area (Å²) < 4.78 is 10.8. The molecule has 0 unspecified atom stereocenters. The normalized spacial score (nSPS) is 33.2. The monoisotopic (exact) mass is 295 g/mol. The first-order valence-electron chi connectivity index (χ1n) is 6.65. The van der Waals surface area contributed by atoms with Gasteiger partial charge in [0.05, 0.1) is 6.61 Å². The van der Waals surface area contributed by atoms with Crippen LogP contribution >= 0.6 is 0 Å². The molecule has 114 valence electrons. The largest absolute Gasteiger partial charge is 0.447 e. The van der Waals surface area contributed by atoms with Crippen molar-refractivity contribution in [2.45, 2.75) is 30.7 Å². The minimum atomic E-state index is -1.45. The number of nitrogens with one attached hydrogen (secondary N) is 1. The molecule has 3 rings (SSSR count). The summed E-state index contributed by atoms with van der Waals surface area (Å²) in [5.41, 5.74) is 0.858. The third-order valence-electron chi connectivity index (χ3n) is 3.60. The molecule has 1 aromatic carbocycles. The van der Waals surface area contributed by atoms with Crippen LogP contribution in [-0.2, 0) is 4.74 Å². The van der Waals surface area contributed by atoms with Crippen LogP contribution in [0.4, 0.5) is 0 Å². The van der Waals surface area contributed by atoms with Gasteiger partial charge in [-0.05, 0) is 6.07 Å². The number of hydrogen-bond acceptors (Lipinski definition) is 6. The van der Waals surface area contributed by atoms with E-state index in [1.807, 2.05) is 24.3 Å². The van der Waals surface area contributed by atoms with Crippen LogP contribution in [0.15, 0.2) is 30.3 Å². The molecule has 1 aromatic heterocycles. The maximum atomic E-state index is 9.90. The van der Waals surface area contributed by atoms with Crippen LogP contribution in [0.25, 0.3) is 10.9 Å². The first-order chi connectivity index (χ1) is 10.1. The fraction of sp³-hybridized carbons (Fsp3) is 0.429. The topological polar surface area (TPSA) is 115 Å². The lowest BCUT2D eigenvalue weighted by Gasteiger charge is -2.39. The molecule has 0 bridgehead atoms. The van der Waals surface area contributed by atoms with Crippen molar-refractivity contribution in [3.8, 4) is 5.88 Å². The predicted octanol–water partition coefficient (Wildman–Crippen LogP) is -0.653. The highest BCUT2D eigenvalue weighted by Gasteiger charge is 2.44.